The van der Waals surface area contributed by atoms with Gasteiger partial charge in [-0.2, -0.15) is 0 Å². The van der Waals surface area contributed by atoms with Crippen LogP contribution in [-0.4, -0.2) is 18.4 Å². The van der Waals surface area contributed by atoms with Gasteiger partial charge in [-0.25, -0.2) is 0 Å². The first-order chi connectivity index (χ1) is 27.2. The molecule has 0 aliphatic carbocycles. The van der Waals surface area contributed by atoms with Crippen LogP contribution in [0.25, 0.3) is 59.9 Å². The summed E-state index contributed by atoms with van der Waals surface area (Å²) in [4.78, 5) is 14.0. The van der Waals surface area contributed by atoms with Gasteiger partial charge in [0, 0.05) is 0 Å². The molecule has 0 aliphatic heterocycles. The Kier molecular flexibility index (Phi) is 15.6. The second-order valence-electron chi connectivity index (χ2n) is 17.7. The van der Waals surface area contributed by atoms with E-state index in [1.165, 1.54) is 155 Å². The average Bonchev–Trinajstić information content (AvgIpc) is 4.03. The van der Waals surface area contributed by atoms with E-state index in [0.717, 1.165) is 11.8 Å². The number of unbranched alkanes of at least 4 members (excludes halogenated alkanes) is 8. The van der Waals surface area contributed by atoms with Crippen molar-refractivity contribution in [3.63, 3.8) is 0 Å². The molecule has 0 radical (unpaired) electrons. The molecule has 7 rings (SSSR count). The SMILES string of the molecule is CCCCCCC(CCCC)Cc1ccc(-c2c3sc4c[c]([Sn]([CH3])([CH3])[CH3])sc4c3c(-c3ccc(CC(CCCC)CCCCCC)s3)c3sc4ccsc4c23)s1. The molecule has 2 unspecified atom stereocenters. The molecule has 7 aromatic rings. The van der Waals surface area contributed by atoms with Gasteiger partial charge in [0.05, 0.1) is 0 Å². The summed E-state index contributed by atoms with van der Waals surface area (Å²) in [5.41, 5.74) is 3.08. The zero-order valence-corrected chi connectivity index (χ0v) is 43.1. The van der Waals surface area contributed by atoms with Crippen LogP contribution in [0.4, 0.5) is 0 Å². The third-order valence-corrected chi connectivity index (χ3v) is 28.4. The average molecular weight is 966 g/mol. The number of fused-ring (bicyclic) bond motifs is 6. The molecule has 0 nitrogen and oxygen atoms in total. The van der Waals surface area contributed by atoms with Crippen molar-refractivity contribution in [2.24, 2.45) is 11.8 Å². The van der Waals surface area contributed by atoms with Crippen LogP contribution in [0.15, 0.2) is 41.8 Å². The molecule has 0 saturated heterocycles. The fraction of sp³-hybridized carbons (Fsp3) is 0.551. The topological polar surface area (TPSA) is 0 Å². The zero-order chi connectivity index (χ0) is 39.2. The molecule has 0 amide bonds. The van der Waals surface area contributed by atoms with E-state index in [2.05, 4.69) is 141 Å². The van der Waals surface area contributed by atoms with E-state index in [4.69, 9.17) is 0 Å². The van der Waals surface area contributed by atoms with Crippen molar-refractivity contribution in [1.29, 1.82) is 0 Å². The second-order valence-corrected chi connectivity index (χ2v) is 39.5. The van der Waals surface area contributed by atoms with Gasteiger partial charge >= 0.3 is 279 Å². The molecule has 6 heterocycles. The molecular formula is C49H66S6Sn. The van der Waals surface area contributed by atoms with Crippen molar-refractivity contribution in [3.8, 4) is 20.9 Å². The van der Waals surface area contributed by atoms with E-state index in [-0.39, 0.29) is 0 Å². The summed E-state index contributed by atoms with van der Waals surface area (Å²) >= 11 is 10.3. The fourth-order valence-electron chi connectivity index (χ4n) is 8.80. The molecule has 7 heteroatoms. The van der Waals surface area contributed by atoms with Crippen LogP contribution in [-0.2, 0) is 12.8 Å². The fourth-order valence-corrected chi connectivity index (χ4v) is 21.9. The normalized spacial score (nSPS) is 13.7. The summed E-state index contributed by atoms with van der Waals surface area (Å²) in [5.74, 6) is 1.62. The van der Waals surface area contributed by atoms with E-state index in [1.807, 2.05) is 11.3 Å². The maximum atomic E-state index is 2.64. The van der Waals surface area contributed by atoms with Gasteiger partial charge in [0.1, 0.15) is 0 Å². The first kappa shape index (κ1) is 43.4. The minimum absolute atomic E-state index is 0.811. The van der Waals surface area contributed by atoms with Crippen LogP contribution in [0.2, 0.25) is 14.8 Å². The number of hydrogen-bond donors (Lipinski definition) is 0. The van der Waals surface area contributed by atoms with Gasteiger partial charge in [-0.1, -0.05) is 91.9 Å². The van der Waals surface area contributed by atoms with Gasteiger partial charge in [0.25, 0.3) is 0 Å². The molecule has 0 aliphatic rings. The molecular weight excluding hydrogens is 900 g/mol. The van der Waals surface area contributed by atoms with Crippen molar-refractivity contribution < 1.29 is 0 Å². The standard InChI is InChI=1S/C46H57S6.3CH3.Sn/c1-5-9-13-15-19-31(17-11-7-3)29-33-21-23-35(49-33)39-41-43-37(25-27-47-43)52-46(41)40(42-44-38(26-28-48-44)51-45(39)42)36-24-22-34(50-36)30-32(18-12-8-4)20-16-14-10-6-2;;;;/h21-27,31-32H,5-20,29-30H2,1-4H3;3*1H3;. The van der Waals surface area contributed by atoms with Crippen LogP contribution in [0.1, 0.15) is 140 Å². The van der Waals surface area contributed by atoms with Crippen LogP contribution >= 0.6 is 68.0 Å². The molecule has 6 aromatic heterocycles. The number of hydrogen-bond acceptors (Lipinski definition) is 6. The first-order valence-electron chi connectivity index (χ1n) is 22.2. The molecule has 302 valence electrons. The first-order valence-corrected chi connectivity index (χ1v) is 37.2. The van der Waals surface area contributed by atoms with Crippen molar-refractivity contribution in [3.05, 3.63) is 51.5 Å². The Balaban J connectivity index is 1.35. The molecule has 0 saturated carbocycles. The summed E-state index contributed by atoms with van der Waals surface area (Å²) < 4.78 is 10.8. The Morgan fingerprint density at radius 2 is 0.982 bits per heavy atom. The van der Waals surface area contributed by atoms with Gasteiger partial charge < -0.3 is 0 Å². The molecule has 0 bridgehead atoms. The Bertz CT molecular complexity index is 2290. The minimum atomic E-state index is -2.27. The zero-order valence-electron chi connectivity index (χ0n) is 35.4. The summed E-state index contributed by atoms with van der Waals surface area (Å²) in [6.07, 6.45) is 24.3. The van der Waals surface area contributed by atoms with Crippen molar-refractivity contribution >= 4 is 128 Å². The predicted molar refractivity (Wildman–Crippen MR) is 269 cm³/mol. The Morgan fingerprint density at radius 3 is 1.50 bits per heavy atom. The molecule has 0 spiro atoms. The molecule has 0 fully saturated rings. The van der Waals surface area contributed by atoms with E-state index in [1.54, 1.807) is 33.0 Å². The third kappa shape index (κ3) is 9.89. The van der Waals surface area contributed by atoms with Crippen LogP contribution in [0.5, 0.6) is 0 Å². The van der Waals surface area contributed by atoms with E-state index in [9.17, 15) is 0 Å². The third-order valence-electron chi connectivity index (χ3n) is 12.0. The number of rotatable bonds is 23. The van der Waals surface area contributed by atoms with Crippen LogP contribution < -0.4 is 2.89 Å². The summed E-state index contributed by atoms with van der Waals surface area (Å²) in [5, 5.41) is 5.44. The van der Waals surface area contributed by atoms with E-state index >= 15 is 0 Å². The Labute approximate surface area is 367 Å². The Hall–Kier alpha value is -0.741. The summed E-state index contributed by atoms with van der Waals surface area (Å²) in [6.45, 7) is 9.39. The summed E-state index contributed by atoms with van der Waals surface area (Å²) in [6, 6.07) is 15.1. The van der Waals surface area contributed by atoms with Gasteiger partial charge in [-0.3, -0.25) is 0 Å². The van der Waals surface area contributed by atoms with Gasteiger partial charge in [-0.15, -0.1) is 0 Å². The quantitative estimate of drug-likeness (QED) is 0.0443. The van der Waals surface area contributed by atoms with Gasteiger partial charge in [0.15, 0.2) is 0 Å². The molecule has 1 aromatic carbocycles. The van der Waals surface area contributed by atoms with Crippen LogP contribution in [0.3, 0.4) is 0 Å². The van der Waals surface area contributed by atoms with E-state index < -0.39 is 18.4 Å². The second kappa shape index (κ2) is 20.2. The molecule has 0 N–H and O–H groups in total. The number of thiophene rings is 6. The molecule has 2 atom stereocenters. The predicted octanol–water partition coefficient (Wildman–Crippen LogP) is 19.2. The van der Waals surface area contributed by atoms with Crippen molar-refractivity contribution in [1.82, 2.24) is 0 Å². The summed E-state index contributed by atoms with van der Waals surface area (Å²) in [7, 11) is 0. The monoisotopic (exact) mass is 966 g/mol. The van der Waals surface area contributed by atoms with Crippen LogP contribution in [0, 0.1) is 11.8 Å². The maximum absolute atomic E-state index is 2.64. The van der Waals surface area contributed by atoms with Crippen molar-refractivity contribution in [2.75, 3.05) is 0 Å². The van der Waals surface area contributed by atoms with E-state index in [0.29, 0.717) is 0 Å². The van der Waals surface area contributed by atoms with Gasteiger partial charge in [-0.05, 0) is 0 Å². The Morgan fingerprint density at radius 1 is 0.482 bits per heavy atom. The number of benzene rings is 1. The van der Waals surface area contributed by atoms with Gasteiger partial charge in [0.2, 0.25) is 0 Å². The van der Waals surface area contributed by atoms with Crippen molar-refractivity contribution in [2.45, 2.75) is 158 Å². The molecule has 56 heavy (non-hydrogen) atoms.